The zero-order chi connectivity index (χ0) is 15.2. The van der Waals surface area contributed by atoms with Crippen molar-refractivity contribution < 1.29 is 4.74 Å². The van der Waals surface area contributed by atoms with Gasteiger partial charge in [-0.25, -0.2) is 0 Å². The van der Waals surface area contributed by atoms with E-state index in [2.05, 4.69) is 28.6 Å². The van der Waals surface area contributed by atoms with Gasteiger partial charge in [0.2, 0.25) is 0 Å². The second kappa shape index (κ2) is 7.47. The lowest BCUT2D eigenvalue weighted by Crippen LogP contribution is -2.12. The first kappa shape index (κ1) is 15.9. The van der Waals surface area contributed by atoms with Crippen LogP contribution in [0.15, 0.2) is 29.4 Å². The van der Waals surface area contributed by atoms with Gasteiger partial charge in [-0.3, -0.25) is 0 Å². The first-order valence-electron chi connectivity index (χ1n) is 7.08. The summed E-state index contributed by atoms with van der Waals surface area (Å²) in [5.74, 6) is 2.59. The van der Waals surface area contributed by atoms with Crippen molar-refractivity contribution >= 4 is 11.8 Å². The zero-order valence-corrected chi connectivity index (χ0v) is 13.6. The smallest absolute Gasteiger partial charge is 0.191 e. The maximum atomic E-state index is 5.79. The van der Waals surface area contributed by atoms with Crippen LogP contribution in [0, 0.1) is 6.92 Å². The molecule has 2 N–H and O–H groups in total. The molecule has 2 rings (SSSR count). The minimum Gasteiger partial charge on any atom is -0.492 e. The van der Waals surface area contributed by atoms with E-state index in [1.165, 1.54) is 0 Å². The van der Waals surface area contributed by atoms with Crippen LogP contribution in [-0.2, 0) is 6.54 Å². The fraction of sp³-hybridized carbons (Fsp3) is 0.467. The zero-order valence-electron chi connectivity index (χ0n) is 12.7. The number of aryl methyl sites for hydroxylation is 1. The average molecular weight is 306 g/mol. The molecule has 0 unspecified atom stereocenters. The van der Waals surface area contributed by atoms with Gasteiger partial charge < -0.3 is 15.0 Å². The number of nitrogens with two attached hydrogens (primary N) is 1. The molecule has 1 aromatic carbocycles. The molecule has 1 aromatic heterocycles. The number of para-hydroxylation sites is 1. The summed E-state index contributed by atoms with van der Waals surface area (Å²) in [4.78, 5) is 0. The van der Waals surface area contributed by atoms with Crippen LogP contribution in [0.2, 0.25) is 0 Å². The SMILES string of the molecule is Cc1ccccc1OCCSc1nnc(CN)n1C(C)C. The molecule has 1 heterocycles. The lowest BCUT2D eigenvalue weighted by molar-refractivity contribution is 0.341. The molecule has 0 spiro atoms. The highest BCUT2D eigenvalue weighted by atomic mass is 32.2. The molecule has 0 saturated carbocycles. The number of hydrogen-bond donors (Lipinski definition) is 1. The molecule has 0 aliphatic rings. The molecular formula is C15H22N4OS. The normalized spacial score (nSPS) is 11.1. The Bertz CT molecular complexity index is 583. The quantitative estimate of drug-likeness (QED) is 0.629. The highest BCUT2D eigenvalue weighted by Crippen LogP contribution is 2.22. The van der Waals surface area contributed by atoms with E-state index in [0.29, 0.717) is 19.2 Å². The summed E-state index contributed by atoms with van der Waals surface area (Å²) in [6, 6.07) is 8.34. The Kier molecular flexibility index (Phi) is 5.64. The fourth-order valence-corrected chi connectivity index (χ4v) is 2.97. The maximum Gasteiger partial charge on any atom is 0.191 e. The molecule has 5 nitrogen and oxygen atoms in total. The second-order valence-electron chi connectivity index (χ2n) is 5.03. The minimum absolute atomic E-state index is 0.304. The maximum absolute atomic E-state index is 5.79. The third-order valence-electron chi connectivity index (χ3n) is 3.10. The van der Waals surface area contributed by atoms with E-state index in [0.717, 1.165) is 28.0 Å². The van der Waals surface area contributed by atoms with E-state index in [1.54, 1.807) is 11.8 Å². The van der Waals surface area contributed by atoms with Crippen LogP contribution in [0.1, 0.15) is 31.3 Å². The number of rotatable bonds is 7. The van der Waals surface area contributed by atoms with Gasteiger partial charge in [0, 0.05) is 11.8 Å². The van der Waals surface area contributed by atoms with Crippen molar-refractivity contribution in [2.24, 2.45) is 5.73 Å². The van der Waals surface area contributed by atoms with Crippen LogP contribution in [0.3, 0.4) is 0 Å². The van der Waals surface area contributed by atoms with Crippen LogP contribution in [0.4, 0.5) is 0 Å². The number of benzene rings is 1. The molecule has 6 heteroatoms. The molecule has 0 amide bonds. The second-order valence-corrected chi connectivity index (χ2v) is 6.09. The van der Waals surface area contributed by atoms with Crippen molar-refractivity contribution in [1.82, 2.24) is 14.8 Å². The highest BCUT2D eigenvalue weighted by molar-refractivity contribution is 7.99. The Labute approximate surface area is 129 Å². The van der Waals surface area contributed by atoms with E-state index < -0.39 is 0 Å². The monoisotopic (exact) mass is 306 g/mol. The molecule has 0 radical (unpaired) electrons. The third-order valence-corrected chi connectivity index (χ3v) is 4.01. The standard InChI is InChI=1S/C15H22N4OS/c1-11(2)19-14(10-16)17-18-15(19)21-9-8-20-13-7-5-4-6-12(13)3/h4-7,11H,8-10,16H2,1-3H3. The largest absolute Gasteiger partial charge is 0.492 e. The molecule has 0 aliphatic heterocycles. The van der Waals surface area contributed by atoms with Gasteiger partial charge in [-0.05, 0) is 32.4 Å². The van der Waals surface area contributed by atoms with Gasteiger partial charge in [0.25, 0.3) is 0 Å². The molecule has 0 bridgehead atoms. The lowest BCUT2D eigenvalue weighted by Gasteiger charge is -2.13. The molecule has 0 saturated heterocycles. The van der Waals surface area contributed by atoms with Crippen molar-refractivity contribution in [2.75, 3.05) is 12.4 Å². The van der Waals surface area contributed by atoms with Crippen LogP contribution >= 0.6 is 11.8 Å². The van der Waals surface area contributed by atoms with Crippen molar-refractivity contribution in [2.45, 2.75) is 38.5 Å². The van der Waals surface area contributed by atoms with E-state index in [1.807, 2.05) is 31.2 Å². The first-order chi connectivity index (χ1) is 10.1. The molecular weight excluding hydrogens is 284 g/mol. The van der Waals surface area contributed by atoms with Crippen molar-refractivity contribution in [3.05, 3.63) is 35.7 Å². The number of nitrogens with zero attached hydrogens (tertiary/aromatic N) is 3. The van der Waals surface area contributed by atoms with E-state index in [-0.39, 0.29) is 0 Å². The van der Waals surface area contributed by atoms with Gasteiger partial charge in [-0.1, -0.05) is 30.0 Å². The van der Waals surface area contributed by atoms with Crippen molar-refractivity contribution in [1.29, 1.82) is 0 Å². The van der Waals surface area contributed by atoms with Gasteiger partial charge >= 0.3 is 0 Å². The predicted octanol–water partition coefficient (Wildman–Crippen LogP) is 2.80. The summed E-state index contributed by atoms with van der Waals surface area (Å²) in [6.07, 6.45) is 0. The summed E-state index contributed by atoms with van der Waals surface area (Å²) < 4.78 is 7.87. The van der Waals surface area contributed by atoms with Crippen molar-refractivity contribution in [3.63, 3.8) is 0 Å². The first-order valence-corrected chi connectivity index (χ1v) is 8.07. The predicted molar refractivity (Wildman–Crippen MR) is 85.7 cm³/mol. The van der Waals surface area contributed by atoms with Crippen LogP contribution in [0.5, 0.6) is 5.75 Å². The molecule has 0 aliphatic carbocycles. The summed E-state index contributed by atoms with van der Waals surface area (Å²) in [6.45, 7) is 7.31. The summed E-state index contributed by atoms with van der Waals surface area (Å²) in [7, 11) is 0. The Balaban J connectivity index is 1.89. The van der Waals surface area contributed by atoms with E-state index in [9.17, 15) is 0 Å². The average Bonchev–Trinajstić information content (AvgIpc) is 2.88. The van der Waals surface area contributed by atoms with E-state index in [4.69, 9.17) is 10.5 Å². The van der Waals surface area contributed by atoms with Gasteiger partial charge in [-0.15, -0.1) is 10.2 Å². The summed E-state index contributed by atoms with van der Waals surface area (Å²) in [5, 5.41) is 9.25. The van der Waals surface area contributed by atoms with Gasteiger partial charge in [0.15, 0.2) is 5.16 Å². The van der Waals surface area contributed by atoms with Gasteiger partial charge in [0.1, 0.15) is 11.6 Å². The number of thioether (sulfide) groups is 1. The summed E-state index contributed by atoms with van der Waals surface area (Å²) in [5.41, 5.74) is 6.84. The topological polar surface area (TPSA) is 66.0 Å². The van der Waals surface area contributed by atoms with Crippen LogP contribution in [-0.4, -0.2) is 27.1 Å². The van der Waals surface area contributed by atoms with E-state index >= 15 is 0 Å². The Morgan fingerprint density at radius 2 is 2.05 bits per heavy atom. The Morgan fingerprint density at radius 1 is 1.29 bits per heavy atom. The number of aromatic nitrogens is 3. The Morgan fingerprint density at radius 3 is 2.71 bits per heavy atom. The molecule has 0 fully saturated rings. The number of ether oxygens (including phenoxy) is 1. The van der Waals surface area contributed by atoms with Gasteiger partial charge in [0.05, 0.1) is 13.2 Å². The third kappa shape index (κ3) is 3.98. The van der Waals surface area contributed by atoms with Crippen LogP contribution < -0.4 is 10.5 Å². The van der Waals surface area contributed by atoms with Crippen LogP contribution in [0.25, 0.3) is 0 Å². The Hall–Kier alpha value is -1.53. The molecule has 114 valence electrons. The van der Waals surface area contributed by atoms with Gasteiger partial charge in [-0.2, -0.15) is 0 Å². The summed E-state index contributed by atoms with van der Waals surface area (Å²) >= 11 is 1.65. The minimum atomic E-state index is 0.304. The molecule has 2 aromatic rings. The molecule has 21 heavy (non-hydrogen) atoms. The number of hydrogen-bond acceptors (Lipinski definition) is 5. The lowest BCUT2D eigenvalue weighted by atomic mass is 10.2. The van der Waals surface area contributed by atoms with Crippen molar-refractivity contribution in [3.8, 4) is 5.75 Å². The molecule has 0 atom stereocenters. The highest BCUT2D eigenvalue weighted by Gasteiger charge is 2.13. The fourth-order valence-electron chi connectivity index (χ4n) is 2.07.